The molecule has 0 spiro atoms. The average Bonchev–Trinajstić information content (AvgIpc) is 3.56. The maximum absolute atomic E-state index is 2.54. The molecule has 0 N–H and O–H groups in total. The Hall–Kier alpha value is -7.74. The standard InChI is InChI=1S/C65H51N/c1-4-20-45(21-5-1)40-63-59-33-14-15-34-60(59)65-49(28-17-38-61(63)65)44-62(48-22-6-2-7-23-48)51-41-50(55-35-19-37-57-54-31-12-10-24-46(54)26-16-36-58(55)57)42-53(43-51)66(52-29-8-3-9-30-52)64-39-18-27-47-25-11-13-32-56(47)64/h1-15,17-25,27-35,37-39,41-43,62-63H,16,26,36,40,44H2/t62?,63-/m1/s1. The fourth-order valence-electron chi connectivity index (χ4n) is 11.4. The number of fused-ring (bicyclic) bond motifs is 7. The molecule has 0 saturated heterocycles. The first-order valence-corrected chi connectivity index (χ1v) is 23.7. The van der Waals surface area contributed by atoms with Crippen LogP contribution < -0.4 is 4.90 Å². The Bertz CT molecular complexity index is 3340. The first kappa shape index (κ1) is 39.8. The molecule has 12 rings (SSSR count). The molecule has 0 bridgehead atoms. The number of hydrogen-bond donors (Lipinski definition) is 0. The third-order valence-corrected chi connectivity index (χ3v) is 14.4. The highest BCUT2D eigenvalue weighted by atomic mass is 15.1. The molecule has 0 amide bonds. The number of benzene rings is 10. The van der Waals surface area contributed by atoms with E-state index in [0.29, 0.717) is 5.92 Å². The minimum Gasteiger partial charge on any atom is -0.310 e. The van der Waals surface area contributed by atoms with Gasteiger partial charge in [0, 0.05) is 28.6 Å². The third-order valence-electron chi connectivity index (χ3n) is 14.4. The fraction of sp³-hybridized carbons (Fsp3) is 0.108. The predicted molar refractivity (Wildman–Crippen MR) is 277 cm³/mol. The molecule has 316 valence electrons. The van der Waals surface area contributed by atoms with Crippen molar-refractivity contribution in [2.45, 2.75) is 43.9 Å². The van der Waals surface area contributed by atoms with Crippen LogP contribution in [0.3, 0.4) is 0 Å². The lowest BCUT2D eigenvalue weighted by atomic mass is 9.81. The van der Waals surface area contributed by atoms with Gasteiger partial charge in [0.1, 0.15) is 0 Å². The summed E-state index contributed by atoms with van der Waals surface area (Å²) in [6, 6.07) is 88.7. The van der Waals surface area contributed by atoms with Crippen LogP contribution in [0.25, 0.3) is 44.2 Å². The molecule has 0 fully saturated rings. The Morgan fingerprint density at radius 1 is 0.455 bits per heavy atom. The van der Waals surface area contributed by atoms with Crippen LogP contribution in [0.1, 0.15) is 62.8 Å². The zero-order valence-corrected chi connectivity index (χ0v) is 37.2. The molecule has 2 atom stereocenters. The second kappa shape index (κ2) is 17.3. The van der Waals surface area contributed by atoms with E-state index in [1.54, 1.807) is 0 Å². The monoisotopic (exact) mass is 845 g/mol. The Morgan fingerprint density at radius 2 is 1.11 bits per heavy atom. The molecule has 0 radical (unpaired) electrons. The third kappa shape index (κ3) is 7.31. The molecule has 10 aromatic carbocycles. The maximum atomic E-state index is 2.54. The summed E-state index contributed by atoms with van der Waals surface area (Å²) in [7, 11) is 0. The van der Waals surface area contributed by atoms with Gasteiger partial charge >= 0.3 is 0 Å². The summed E-state index contributed by atoms with van der Waals surface area (Å²) >= 11 is 0. The van der Waals surface area contributed by atoms with Crippen molar-refractivity contribution >= 4 is 27.8 Å². The van der Waals surface area contributed by atoms with Gasteiger partial charge in [-0.05, 0) is 146 Å². The SMILES string of the molecule is c1ccc(C[C@@H]2c3ccccc3-c3c(CC(c4ccccc4)c4cc(-c5cccc6c5CCCc5ccccc5-6)cc(N(c5ccccc5)c5cccc6ccccc56)c4)cccc32)cc1. The normalized spacial score (nSPS) is 14.1. The van der Waals surface area contributed by atoms with Crippen LogP contribution >= 0.6 is 0 Å². The Kier molecular flexibility index (Phi) is 10.5. The molecule has 66 heavy (non-hydrogen) atoms. The summed E-state index contributed by atoms with van der Waals surface area (Å²) in [5, 5.41) is 2.45. The van der Waals surface area contributed by atoms with Crippen LogP contribution in [-0.4, -0.2) is 0 Å². The van der Waals surface area contributed by atoms with Gasteiger partial charge in [-0.15, -0.1) is 0 Å². The zero-order valence-electron chi connectivity index (χ0n) is 37.2. The first-order valence-electron chi connectivity index (χ1n) is 23.7. The molecule has 2 aliphatic rings. The van der Waals surface area contributed by atoms with Gasteiger partial charge in [0.15, 0.2) is 0 Å². The molecular formula is C65H51N. The Labute approximate surface area is 389 Å². The summed E-state index contributed by atoms with van der Waals surface area (Å²) in [6.07, 6.45) is 5.09. The van der Waals surface area contributed by atoms with E-state index in [1.165, 1.54) is 94.3 Å². The predicted octanol–water partition coefficient (Wildman–Crippen LogP) is 16.9. The average molecular weight is 846 g/mol. The van der Waals surface area contributed by atoms with E-state index in [4.69, 9.17) is 0 Å². The van der Waals surface area contributed by atoms with Crippen LogP contribution in [0.15, 0.2) is 237 Å². The molecule has 10 aromatic rings. The summed E-state index contributed by atoms with van der Waals surface area (Å²) in [5.41, 5.74) is 22.7. The fourth-order valence-corrected chi connectivity index (χ4v) is 11.4. The van der Waals surface area contributed by atoms with Crippen molar-refractivity contribution < 1.29 is 0 Å². The smallest absolute Gasteiger partial charge is 0.0540 e. The van der Waals surface area contributed by atoms with Gasteiger partial charge in [0.25, 0.3) is 0 Å². The van der Waals surface area contributed by atoms with Gasteiger partial charge in [-0.3, -0.25) is 0 Å². The van der Waals surface area contributed by atoms with E-state index in [0.717, 1.165) is 43.5 Å². The van der Waals surface area contributed by atoms with Gasteiger partial charge in [0.05, 0.1) is 5.69 Å². The molecule has 0 saturated carbocycles. The number of aryl methyl sites for hydroxylation is 1. The van der Waals surface area contributed by atoms with Gasteiger partial charge in [0.2, 0.25) is 0 Å². The molecule has 0 aromatic heterocycles. The summed E-state index contributed by atoms with van der Waals surface area (Å²) < 4.78 is 0. The highest BCUT2D eigenvalue weighted by molar-refractivity contribution is 5.99. The zero-order chi connectivity index (χ0) is 43.8. The molecule has 1 unspecified atom stereocenters. The number of hydrogen-bond acceptors (Lipinski definition) is 1. The van der Waals surface area contributed by atoms with E-state index < -0.39 is 0 Å². The molecule has 1 heteroatoms. The van der Waals surface area contributed by atoms with Crippen molar-refractivity contribution in [2.75, 3.05) is 4.90 Å². The molecule has 0 heterocycles. The minimum atomic E-state index is 0.0740. The summed E-state index contributed by atoms with van der Waals surface area (Å²) in [5.74, 6) is 0.382. The molecule has 0 aliphatic heterocycles. The Morgan fingerprint density at radius 3 is 1.97 bits per heavy atom. The highest BCUT2D eigenvalue weighted by Crippen LogP contribution is 2.50. The van der Waals surface area contributed by atoms with Crippen LogP contribution in [0.2, 0.25) is 0 Å². The van der Waals surface area contributed by atoms with Gasteiger partial charge < -0.3 is 4.90 Å². The van der Waals surface area contributed by atoms with Crippen molar-refractivity contribution in [1.82, 2.24) is 0 Å². The second-order valence-electron chi connectivity index (χ2n) is 18.2. The summed E-state index contributed by atoms with van der Waals surface area (Å²) in [4.78, 5) is 2.50. The molecule has 1 nitrogen and oxygen atoms in total. The van der Waals surface area contributed by atoms with E-state index in [9.17, 15) is 0 Å². The van der Waals surface area contributed by atoms with E-state index >= 15 is 0 Å². The Balaban J connectivity index is 1.08. The largest absolute Gasteiger partial charge is 0.310 e. The van der Waals surface area contributed by atoms with Crippen molar-refractivity contribution in [3.8, 4) is 33.4 Å². The van der Waals surface area contributed by atoms with Crippen molar-refractivity contribution in [3.63, 3.8) is 0 Å². The minimum absolute atomic E-state index is 0.0740. The number of rotatable bonds is 10. The lowest BCUT2D eigenvalue weighted by molar-refractivity contribution is 0.800. The second-order valence-corrected chi connectivity index (χ2v) is 18.2. The van der Waals surface area contributed by atoms with Crippen LogP contribution in [0.4, 0.5) is 17.1 Å². The van der Waals surface area contributed by atoms with E-state index in [1.807, 2.05) is 0 Å². The van der Waals surface area contributed by atoms with Crippen LogP contribution in [0.5, 0.6) is 0 Å². The van der Waals surface area contributed by atoms with Crippen molar-refractivity contribution in [3.05, 3.63) is 281 Å². The maximum Gasteiger partial charge on any atom is 0.0540 e. The quantitative estimate of drug-likeness (QED) is 0.133. The van der Waals surface area contributed by atoms with Gasteiger partial charge in [-0.2, -0.15) is 0 Å². The van der Waals surface area contributed by atoms with Crippen LogP contribution in [0, 0.1) is 0 Å². The number of para-hydroxylation sites is 1. The number of nitrogens with zero attached hydrogens (tertiary/aromatic N) is 1. The van der Waals surface area contributed by atoms with Gasteiger partial charge in [-0.1, -0.05) is 206 Å². The van der Waals surface area contributed by atoms with Crippen molar-refractivity contribution in [2.24, 2.45) is 0 Å². The highest BCUT2D eigenvalue weighted by Gasteiger charge is 2.32. The van der Waals surface area contributed by atoms with Crippen molar-refractivity contribution in [1.29, 1.82) is 0 Å². The lowest BCUT2D eigenvalue weighted by Crippen LogP contribution is -2.13. The van der Waals surface area contributed by atoms with Crippen LogP contribution in [-0.2, 0) is 25.7 Å². The number of anilines is 3. The molecular weight excluding hydrogens is 795 g/mol. The summed E-state index contributed by atoms with van der Waals surface area (Å²) in [6.45, 7) is 0. The first-order chi connectivity index (χ1) is 32.7. The van der Waals surface area contributed by atoms with Gasteiger partial charge in [-0.25, -0.2) is 0 Å². The molecule has 2 aliphatic carbocycles. The topological polar surface area (TPSA) is 3.24 Å². The van der Waals surface area contributed by atoms with E-state index in [2.05, 4.69) is 241 Å². The lowest BCUT2D eigenvalue weighted by Gasteiger charge is -2.29. The van der Waals surface area contributed by atoms with E-state index in [-0.39, 0.29) is 5.92 Å².